The lowest BCUT2D eigenvalue weighted by Gasteiger charge is -2.29. The first-order valence-electron chi connectivity index (χ1n) is 17.5. The second kappa shape index (κ2) is 18.3. The molecule has 5 amide bonds. The molecule has 0 spiro atoms. The van der Waals surface area contributed by atoms with Crippen LogP contribution in [0.15, 0.2) is 72.1 Å². The van der Waals surface area contributed by atoms with Crippen molar-refractivity contribution in [1.29, 1.82) is 0 Å². The largest absolute Gasteiger partial charge is 0.480 e. The molecule has 6 rings (SSSR count). The summed E-state index contributed by atoms with van der Waals surface area (Å²) in [6.45, 7) is 0. The van der Waals surface area contributed by atoms with Gasteiger partial charge in [-0.3, -0.25) is 24.0 Å². The first-order chi connectivity index (χ1) is 24.6. The number of nitrogens with one attached hydrogen (secondary N) is 5. The van der Waals surface area contributed by atoms with Gasteiger partial charge in [0, 0.05) is 42.7 Å². The number of fused-ring (bicyclic) bond motifs is 18. The quantitative estimate of drug-likeness (QED) is 0.202. The Balaban J connectivity index is 1.47. The van der Waals surface area contributed by atoms with Crippen molar-refractivity contribution in [1.82, 2.24) is 21.3 Å². The first-order valence-corrected chi connectivity index (χ1v) is 18.4. The number of carbonyl (C=O) groups is 6. The van der Waals surface area contributed by atoms with E-state index in [-0.39, 0.29) is 38.0 Å². The molecule has 2 aliphatic heterocycles. The third-order valence-electron chi connectivity index (χ3n) is 9.35. The molecule has 6 N–H and O–H groups in total. The standard InChI is InChI=1S/C38H45N5O7S/c44-33-17-18-34(45)40-31(23-28-12-7-19-51-28)37(48)42-29(20-24-8-3-1-4-9-24)35(46)41-30(21-25-10-5-2-6-11-25)36(47)43-32(38(49)50)22-26-13-15-27(39-33)16-14-26/h2,5-7,10-16,19,24,29-32H,1,3-4,8-9,17-18,20-23H2,(H,39,44)(H,40,45)(H,41,46)(H,42,48)(H,43,47)(H,49,50)/t29-,30+,31+,32+/m0/s1. The number of hydrogen-bond acceptors (Lipinski definition) is 7. The van der Waals surface area contributed by atoms with Crippen molar-refractivity contribution >= 4 is 52.5 Å². The van der Waals surface area contributed by atoms with Gasteiger partial charge < -0.3 is 31.7 Å². The zero-order valence-corrected chi connectivity index (χ0v) is 29.2. The molecule has 0 saturated heterocycles. The molecule has 2 bridgehead atoms. The molecule has 3 aromatic rings. The van der Waals surface area contributed by atoms with E-state index in [1.807, 2.05) is 47.8 Å². The fraction of sp³-hybridized carbons (Fsp3) is 0.421. The van der Waals surface area contributed by atoms with Gasteiger partial charge in [0.25, 0.3) is 0 Å². The van der Waals surface area contributed by atoms with Crippen molar-refractivity contribution in [2.75, 3.05) is 5.32 Å². The lowest BCUT2D eigenvalue weighted by molar-refractivity contribution is -0.142. The van der Waals surface area contributed by atoms with Crippen LogP contribution >= 0.6 is 11.3 Å². The van der Waals surface area contributed by atoms with Gasteiger partial charge in [-0.15, -0.1) is 11.3 Å². The molecule has 0 unspecified atom stereocenters. The Hall–Kier alpha value is -5.04. The zero-order chi connectivity index (χ0) is 36.2. The molecular weight excluding hydrogens is 671 g/mol. The molecule has 51 heavy (non-hydrogen) atoms. The van der Waals surface area contributed by atoms with E-state index < -0.39 is 59.7 Å². The number of rotatable bonds is 7. The molecule has 12 nitrogen and oxygen atoms in total. The molecule has 4 atom stereocenters. The van der Waals surface area contributed by atoms with E-state index in [0.29, 0.717) is 17.7 Å². The van der Waals surface area contributed by atoms with Gasteiger partial charge in [0.2, 0.25) is 29.5 Å². The predicted octanol–water partition coefficient (Wildman–Crippen LogP) is 3.50. The Morgan fingerprint density at radius 2 is 1.33 bits per heavy atom. The number of aliphatic carboxylic acids is 1. The Kier molecular flexibility index (Phi) is 13.3. The van der Waals surface area contributed by atoms with Crippen LogP contribution in [0.2, 0.25) is 0 Å². The van der Waals surface area contributed by atoms with Gasteiger partial charge in [-0.05, 0) is 47.0 Å². The number of benzene rings is 2. The summed E-state index contributed by atoms with van der Waals surface area (Å²) in [5.41, 5.74) is 1.80. The smallest absolute Gasteiger partial charge is 0.326 e. The molecule has 1 aromatic heterocycles. The molecular formula is C38H45N5O7S. The summed E-state index contributed by atoms with van der Waals surface area (Å²) in [4.78, 5) is 81.0. The predicted molar refractivity (Wildman–Crippen MR) is 193 cm³/mol. The van der Waals surface area contributed by atoms with Gasteiger partial charge in [0.05, 0.1) is 0 Å². The zero-order valence-electron chi connectivity index (χ0n) is 28.4. The van der Waals surface area contributed by atoms with Crippen molar-refractivity contribution in [2.45, 2.75) is 94.8 Å². The van der Waals surface area contributed by atoms with Crippen LogP contribution in [0.5, 0.6) is 0 Å². The minimum absolute atomic E-state index is 0.0481. The van der Waals surface area contributed by atoms with E-state index in [1.54, 1.807) is 24.3 Å². The summed E-state index contributed by atoms with van der Waals surface area (Å²) in [6.07, 6.45) is 5.16. The fourth-order valence-corrected chi connectivity index (χ4v) is 7.33. The maximum atomic E-state index is 14.2. The number of carboxylic acids is 1. The molecule has 3 heterocycles. The SMILES string of the molecule is O=C1CCC(=O)N[C@H](Cc2cccs2)C(=O)N[C@@H](CC2CCCCC2)C(=O)N[C@H](Cc2ccccc2)C(=O)N[C@@H](C(=O)O)Cc2ccc(cc2)N1. The summed E-state index contributed by atoms with van der Waals surface area (Å²) in [5.74, 6) is -3.80. The van der Waals surface area contributed by atoms with Crippen LogP contribution in [0.3, 0.4) is 0 Å². The molecule has 2 aromatic carbocycles. The van der Waals surface area contributed by atoms with Crippen LogP contribution in [-0.2, 0) is 48.0 Å². The highest BCUT2D eigenvalue weighted by Gasteiger charge is 2.33. The number of anilines is 1. The van der Waals surface area contributed by atoms with E-state index >= 15 is 0 Å². The molecule has 270 valence electrons. The number of carbonyl (C=O) groups excluding carboxylic acids is 5. The van der Waals surface area contributed by atoms with Crippen LogP contribution < -0.4 is 26.6 Å². The minimum atomic E-state index is -1.31. The van der Waals surface area contributed by atoms with E-state index in [1.165, 1.54) is 11.3 Å². The van der Waals surface area contributed by atoms with Crippen molar-refractivity contribution < 1.29 is 33.9 Å². The van der Waals surface area contributed by atoms with Gasteiger partial charge in [-0.1, -0.05) is 80.6 Å². The van der Waals surface area contributed by atoms with Gasteiger partial charge >= 0.3 is 5.97 Å². The topological polar surface area (TPSA) is 183 Å². The van der Waals surface area contributed by atoms with Crippen molar-refractivity contribution in [2.24, 2.45) is 5.92 Å². The van der Waals surface area contributed by atoms with E-state index in [2.05, 4.69) is 26.6 Å². The van der Waals surface area contributed by atoms with Crippen LogP contribution in [0.25, 0.3) is 0 Å². The van der Waals surface area contributed by atoms with Crippen LogP contribution in [0, 0.1) is 5.92 Å². The highest BCUT2D eigenvalue weighted by molar-refractivity contribution is 7.09. The second-order valence-electron chi connectivity index (χ2n) is 13.3. The highest BCUT2D eigenvalue weighted by atomic mass is 32.1. The third kappa shape index (κ3) is 11.5. The van der Waals surface area contributed by atoms with Gasteiger partial charge in [-0.2, -0.15) is 0 Å². The van der Waals surface area contributed by atoms with Crippen molar-refractivity contribution in [3.8, 4) is 0 Å². The summed E-state index contributed by atoms with van der Waals surface area (Å²) in [7, 11) is 0. The minimum Gasteiger partial charge on any atom is -0.480 e. The van der Waals surface area contributed by atoms with Crippen LogP contribution in [-0.4, -0.2) is 64.8 Å². The van der Waals surface area contributed by atoms with Gasteiger partial charge in [0.1, 0.15) is 24.2 Å². The second-order valence-corrected chi connectivity index (χ2v) is 14.3. The Morgan fingerprint density at radius 1 is 0.686 bits per heavy atom. The van der Waals surface area contributed by atoms with Gasteiger partial charge in [-0.25, -0.2) is 4.79 Å². The molecule has 1 fully saturated rings. The average molecular weight is 716 g/mol. The first kappa shape index (κ1) is 37.2. The Labute approximate surface area is 301 Å². The maximum absolute atomic E-state index is 14.2. The number of amides is 5. The molecule has 3 aliphatic rings. The van der Waals surface area contributed by atoms with E-state index in [9.17, 15) is 33.9 Å². The molecule has 1 aliphatic carbocycles. The fourth-order valence-electron chi connectivity index (χ4n) is 6.58. The van der Waals surface area contributed by atoms with E-state index in [0.717, 1.165) is 42.5 Å². The monoisotopic (exact) mass is 715 g/mol. The molecule has 13 heteroatoms. The van der Waals surface area contributed by atoms with Gasteiger partial charge in [0.15, 0.2) is 0 Å². The number of hydrogen-bond donors (Lipinski definition) is 6. The summed E-state index contributed by atoms with van der Waals surface area (Å²) >= 11 is 1.43. The lowest BCUT2D eigenvalue weighted by Crippen LogP contribution is -2.59. The Morgan fingerprint density at radius 3 is 2.02 bits per heavy atom. The average Bonchev–Trinajstić information content (AvgIpc) is 3.64. The Bertz CT molecular complexity index is 1660. The maximum Gasteiger partial charge on any atom is 0.326 e. The molecule has 1 saturated carbocycles. The van der Waals surface area contributed by atoms with Crippen LogP contribution in [0.4, 0.5) is 5.69 Å². The highest BCUT2D eigenvalue weighted by Crippen LogP contribution is 2.28. The third-order valence-corrected chi connectivity index (χ3v) is 10.2. The summed E-state index contributed by atoms with van der Waals surface area (Å²) in [6, 6.07) is 14.8. The molecule has 0 radical (unpaired) electrons. The van der Waals surface area contributed by atoms with Crippen molar-refractivity contribution in [3.05, 3.63) is 88.1 Å². The van der Waals surface area contributed by atoms with E-state index in [4.69, 9.17) is 0 Å². The normalized spacial score (nSPS) is 23.2. The lowest BCUT2D eigenvalue weighted by atomic mass is 9.84. The summed E-state index contributed by atoms with van der Waals surface area (Å²) < 4.78 is 0. The number of carboxylic acid groups (broad SMARTS) is 1. The van der Waals surface area contributed by atoms with Crippen LogP contribution in [0.1, 0.15) is 67.4 Å². The number of thiophene rings is 1. The van der Waals surface area contributed by atoms with Crippen molar-refractivity contribution in [3.63, 3.8) is 0 Å². The summed E-state index contributed by atoms with van der Waals surface area (Å²) in [5, 5.41) is 25.8.